The van der Waals surface area contributed by atoms with E-state index in [4.69, 9.17) is 4.74 Å². The van der Waals surface area contributed by atoms with Crippen LogP contribution in [0.4, 0.5) is 15.8 Å². The van der Waals surface area contributed by atoms with Gasteiger partial charge in [-0.15, -0.1) is 0 Å². The van der Waals surface area contributed by atoms with Gasteiger partial charge in [0, 0.05) is 31.9 Å². The topological polar surface area (TPSA) is 44.8 Å². The lowest BCUT2D eigenvalue weighted by Crippen LogP contribution is -2.32. The zero-order valence-corrected chi connectivity index (χ0v) is 17.6. The molecule has 1 heterocycles. The van der Waals surface area contributed by atoms with E-state index in [9.17, 15) is 9.18 Å². The van der Waals surface area contributed by atoms with Crippen LogP contribution in [0.2, 0.25) is 0 Å². The third-order valence-corrected chi connectivity index (χ3v) is 5.54. The predicted molar refractivity (Wildman–Crippen MR) is 116 cm³/mol. The highest BCUT2D eigenvalue weighted by molar-refractivity contribution is 5.94. The minimum absolute atomic E-state index is 0.100. The highest BCUT2D eigenvalue weighted by Gasteiger charge is 2.24. The van der Waals surface area contributed by atoms with Gasteiger partial charge < -0.3 is 19.9 Å². The molecule has 0 radical (unpaired) electrons. The van der Waals surface area contributed by atoms with Gasteiger partial charge >= 0.3 is 0 Å². The second-order valence-corrected chi connectivity index (χ2v) is 7.82. The molecule has 1 fully saturated rings. The van der Waals surface area contributed by atoms with E-state index in [1.54, 1.807) is 19.2 Å². The van der Waals surface area contributed by atoms with Crippen LogP contribution >= 0.6 is 0 Å². The van der Waals surface area contributed by atoms with Gasteiger partial charge in [-0.1, -0.05) is 26.0 Å². The number of anilines is 2. The van der Waals surface area contributed by atoms with Crippen molar-refractivity contribution in [2.24, 2.45) is 0 Å². The van der Waals surface area contributed by atoms with Crippen molar-refractivity contribution in [3.8, 4) is 5.75 Å². The number of rotatable bonds is 7. The Morgan fingerprint density at radius 2 is 2.00 bits per heavy atom. The van der Waals surface area contributed by atoms with Crippen LogP contribution in [0, 0.1) is 5.82 Å². The smallest absolute Gasteiger partial charge is 0.264 e. The van der Waals surface area contributed by atoms with Gasteiger partial charge in [0.25, 0.3) is 5.91 Å². The first kappa shape index (κ1) is 21.1. The maximum atomic E-state index is 14.7. The minimum atomic E-state index is -0.316. The third-order valence-electron chi connectivity index (χ3n) is 5.54. The highest BCUT2D eigenvalue weighted by Crippen LogP contribution is 2.27. The largest absolute Gasteiger partial charge is 0.484 e. The fraction of sp³-hybridized carbons (Fsp3) is 0.435. The molecular formula is C23H30FN3O2. The summed E-state index contributed by atoms with van der Waals surface area (Å²) in [5.74, 6) is 0.538. The molecule has 2 aromatic rings. The van der Waals surface area contributed by atoms with E-state index in [-0.39, 0.29) is 18.3 Å². The Bertz CT molecular complexity index is 839. The van der Waals surface area contributed by atoms with Gasteiger partial charge in [-0.3, -0.25) is 4.79 Å². The highest BCUT2D eigenvalue weighted by atomic mass is 19.1. The van der Waals surface area contributed by atoms with Crippen molar-refractivity contribution in [1.82, 2.24) is 5.32 Å². The fourth-order valence-corrected chi connectivity index (χ4v) is 3.51. The average Bonchev–Trinajstić information content (AvgIpc) is 3.20. The van der Waals surface area contributed by atoms with Crippen molar-refractivity contribution in [2.75, 3.05) is 43.6 Å². The fourth-order valence-electron chi connectivity index (χ4n) is 3.51. The first-order chi connectivity index (χ1) is 13.9. The summed E-state index contributed by atoms with van der Waals surface area (Å²) in [4.78, 5) is 15.9. The lowest BCUT2D eigenvalue weighted by Gasteiger charge is -2.22. The number of halogens is 1. The number of hydrogen-bond donors (Lipinski definition) is 1. The van der Waals surface area contributed by atoms with E-state index < -0.39 is 0 Å². The van der Waals surface area contributed by atoms with Crippen LogP contribution in [0.15, 0.2) is 42.5 Å². The number of likely N-dealkylation sites (N-methyl/N-ethyl adjacent to an activating group) is 2. The van der Waals surface area contributed by atoms with E-state index in [0.29, 0.717) is 29.1 Å². The molecule has 1 N–H and O–H groups in total. The summed E-state index contributed by atoms with van der Waals surface area (Å²) in [5, 5.41) is 3.23. The van der Waals surface area contributed by atoms with Gasteiger partial charge in [0.1, 0.15) is 11.6 Å². The summed E-state index contributed by atoms with van der Waals surface area (Å²) >= 11 is 0. The molecule has 3 rings (SSSR count). The quantitative estimate of drug-likeness (QED) is 0.769. The Morgan fingerprint density at radius 1 is 1.28 bits per heavy atom. The molecule has 0 spiro atoms. The number of amides is 1. The SMILES string of the molecule is CNC1CCN(c2ccc(N(C)C(=O)COc3ccc(C(C)C)cc3)cc2F)C1. The van der Waals surface area contributed by atoms with E-state index >= 15 is 0 Å². The normalized spacial score (nSPS) is 16.3. The van der Waals surface area contributed by atoms with Crippen LogP contribution < -0.4 is 19.9 Å². The standard InChI is InChI=1S/C23H30FN3O2/c1-16(2)17-5-8-20(9-6-17)29-15-23(28)26(4)19-7-10-22(21(24)13-19)27-12-11-18(14-27)25-3/h5-10,13,16,18,25H,11-12,14-15H2,1-4H3. The molecule has 1 amide bonds. The molecular weight excluding hydrogens is 369 g/mol. The molecule has 156 valence electrons. The van der Waals surface area contributed by atoms with Crippen LogP contribution in [0.1, 0.15) is 31.7 Å². The summed E-state index contributed by atoms with van der Waals surface area (Å²) < 4.78 is 20.3. The number of hydrogen-bond acceptors (Lipinski definition) is 4. The second-order valence-electron chi connectivity index (χ2n) is 7.82. The van der Waals surface area contributed by atoms with Crippen LogP contribution in [-0.2, 0) is 4.79 Å². The number of nitrogens with zero attached hydrogens (tertiary/aromatic N) is 2. The molecule has 0 aliphatic carbocycles. The van der Waals surface area contributed by atoms with Gasteiger partial charge in [0.05, 0.1) is 5.69 Å². The number of benzene rings is 2. The first-order valence-corrected chi connectivity index (χ1v) is 10.1. The van der Waals surface area contributed by atoms with Crippen molar-refractivity contribution in [3.63, 3.8) is 0 Å². The second kappa shape index (κ2) is 9.27. The van der Waals surface area contributed by atoms with Crippen LogP contribution in [0.25, 0.3) is 0 Å². The van der Waals surface area contributed by atoms with Crippen LogP contribution in [0.5, 0.6) is 5.75 Å². The van der Waals surface area contributed by atoms with Crippen molar-refractivity contribution < 1.29 is 13.9 Å². The van der Waals surface area contributed by atoms with Gasteiger partial charge in [-0.25, -0.2) is 4.39 Å². The summed E-state index contributed by atoms with van der Waals surface area (Å²) in [6, 6.07) is 13.1. The van der Waals surface area contributed by atoms with Crippen molar-refractivity contribution in [1.29, 1.82) is 0 Å². The Morgan fingerprint density at radius 3 is 2.59 bits per heavy atom. The van der Waals surface area contributed by atoms with Gasteiger partial charge in [0.15, 0.2) is 6.61 Å². The average molecular weight is 400 g/mol. The number of carbonyl (C=O) groups is 1. The van der Waals surface area contributed by atoms with Crippen LogP contribution in [0.3, 0.4) is 0 Å². The van der Waals surface area contributed by atoms with E-state index in [1.807, 2.05) is 36.2 Å². The van der Waals surface area contributed by atoms with Crippen molar-refractivity contribution in [2.45, 2.75) is 32.2 Å². The van der Waals surface area contributed by atoms with E-state index in [1.165, 1.54) is 16.5 Å². The molecule has 0 aromatic heterocycles. The molecule has 0 saturated carbocycles. The number of nitrogens with one attached hydrogen (secondary N) is 1. The molecule has 1 aliphatic rings. The molecule has 1 atom stereocenters. The Labute approximate surface area is 172 Å². The molecule has 0 bridgehead atoms. The number of carbonyl (C=O) groups excluding carboxylic acids is 1. The van der Waals surface area contributed by atoms with E-state index in [0.717, 1.165) is 19.5 Å². The van der Waals surface area contributed by atoms with Crippen molar-refractivity contribution >= 4 is 17.3 Å². The molecule has 6 heteroatoms. The Hall–Kier alpha value is -2.60. The Kier molecular flexibility index (Phi) is 6.75. The summed E-state index contributed by atoms with van der Waals surface area (Å²) in [7, 11) is 3.56. The molecule has 1 saturated heterocycles. The molecule has 29 heavy (non-hydrogen) atoms. The summed E-state index contributed by atoms with van der Waals surface area (Å²) in [6.07, 6.45) is 0.992. The zero-order valence-electron chi connectivity index (χ0n) is 17.6. The lowest BCUT2D eigenvalue weighted by molar-refractivity contribution is -0.120. The van der Waals surface area contributed by atoms with Crippen molar-refractivity contribution in [3.05, 3.63) is 53.8 Å². The van der Waals surface area contributed by atoms with Gasteiger partial charge in [-0.05, 0) is 55.3 Å². The third kappa shape index (κ3) is 5.07. The maximum Gasteiger partial charge on any atom is 0.264 e. The first-order valence-electron chi connectivity index (χ1n) is 10.1. The lowest BCUT2D eigenvalue weighted by atomic mass is 10.0. The zero-order chi connectivity index (χ0) is 21.0. The monoisotopic (exact) mass is 399 g/mol. The summed E-state index contributed by atoms with van der Waals surface area (Å²) in [5.41, 5.74) is 2.31. The number of ether oxygens (including phenoxy) is 1. The van der Waals surface area contributed by atoms with Gasteiger partial charge in [-0.2, -0.15) is 0 Å². The Balaban J connectivity index is 1.60. The summed E-state index contributed by atoms with van der Waals surface area (Å²) in [6.45, 7) is 5.75. The van der Waals surface area contributed by atoms with Crippen LogP contribution in [-0.4, -0.2) is 45.7 Å². The molecule has 2 aromatic carbocycles. The minimum Gasteiger partial charge on any atom is -0.484 e. The maximum absolute atomic E-state index is 14.7. The van der Waals surface area contributed by atoms with Gasteiger partial charge in [0.2, 0.25) is 0 Å². The predicted octanol–water partition coefficient (Wildman–Crippen LogP) is 3.79. The molecule has 1 unspecified atom stereocenters. The molecule has 5 nitrogen and oxygen atoms in total. The van der Waals surface area contributed by atoms with E-state index in [2.05, 4.69) is 19.2 Å². The molecule has 1 aliphatic heterocycles.